The second kappa shape index (κ2) is 59.7. The summed E-state index contributed by atoms with van der Waals surface area (Å²) in [4.78, 5) is 38.2. The van der Waals surface area contributed by atoms with Crippen molar-refractivity contribution in [3.63, 3.8) is 0 Å². The largest absolute Gasteiger partial charge is 0.462 e. The molecule has 0 aromatic heterocycles. The first-order valence-corrected chi connectivity index (χ1v) is 31.7. The maximum absolute atomic E-state index is 12.9. The Balaban J connectivity index is 4.21. The van der Waals surface area contributed by atoms with Crippen LogP contribution < -0.4 is 0 Å². The Hall–Kier alpha value is -1.85. The number of hydrogen-bond acceptors (Lipinski definition) is 6. The maximum atomic E-state index is 12.9. The van der Waals surface area contributed by atoms with E-state index in [0.717, 1.165) is 64.2 Å². The van der Waals surface area contributed by atoms with Crippen LogP contribution in [0.1, 0.15) is 361 Å². The highest BCUT2D eigenvalue weighted by atomic mass is 16.6. The highest BCUT2D eigenvalue weighted by Gasteiger charge is 2.19. The van der Waals surface area contributed by atoms with Crippen molar-refractivity contribution in [1.29, 1.82) is 0 Å². The van der Waals surface area contributed by atoms with E-state index in [4.69, 9.17) is 14.2 Å². The fourth-order valence-electron chi connectivity index (χ4n) is 9.74. The van der Waals surface area contributed by atoms with Crippen molar-refractivity contribution in [2.24, 2.45) is 0 Å². The Morgan fingerprint density at radius 1 is 0.271 bits per heavy atom. The first kappa shape index (κ1) is 68.2. The molecule has 0 saturated heterocycles. The van der Waals surface area contributed by atoms with Gasteiger partial charge in [-0.25, -0.2) is 0 Å². The molecule has 0 spiro atoms. The van der Waals surface area contributed by atoms with Crippen molar-refractivity contribution < 1.29 is 28.6 Å². The van der Waals surface area contributed by atoms with Gasteiger partial charge in [-0.2, -0.15) is 0 Å². The van der Waals surface area contributed by atoms with Crippen LogP contribution in [-0.2, 0) is 28.6 Å². The molecule has 414 valence electrons. The quantitative estimate of drug-likeness (QED) is 0.0261. The average molecular weight is 988 g/mol. The second-order valence-electron chi connectivity index (χ2n) is 21.7. The van der Waals surface area contributed by atoms with E-state index < -0.39 is 6.10 Å². The van der Waals surface area contributed by atoms with Crippen LogP contribution in [0.5, 0.6) is 0 Å². The predicted molar refractivity (Wildman–Crippen MR) is 303 cm³/mol. The van der Waals surface area contributed by atoms with Crippen LogP contribution in [0.4, 0.5) is 0 Å². The molecule has 0 aromatic rings. The molecular weight excluding hydrogens is 865 g/mol. The zero-order valence-electron chi connectivity index (χ0n) is 47.6. The highest BCUT2D eigenvalue weighted by molar-refractivity contribution is 5.71. The van der Waals surface area contributed by atoms with E-state index in [1.54, 1.807) is 0 Å². The number of unbranched alkanes of at least 4 members (excludes halogenated alkanes) is 46. The molecule has 6 nitrogen and oxygen atoms in total. The third kappa shape index (κ3) is 57.1. The van der Waals surface area contributed by atoms with Crippen LogP contribution in [0.3, 0.4) is 0 Å². The lowest BCUT2D eigenvalue weighted by Crippen LogP contribution is -2.30. The summed E-state index contributed by atoms with van der Waals surface area (Å²) in [5.41, 5.74) is 0. The van der Waals surface area contributed by atoms with Gasteiger partial charge in [-0.05, 0) is 44.9 Å². The lowest BCUT2D eigenvalue weighted by molar-refractivity contribution is -0.167. The number of esters is 3. The molecule has 0 saturated carbocycles. The van der Waals surface area contributed by atoms with Crippen molar-refractivity contribution in [3.05, 3.63) is 12.2 Å². The topological polar surface area (TPSA) is 78.9 Å². The molecule has 0 radical (unpaired) electrons. The van der Waals surface area contributed by atoms with Crippen molar-refractivity contribution in [2.75, 3.05) is 13.2 Å². The zero-order valence-corrected chi connectivity index (χ0v) is 47.6. The van der Waals surface area contributed by atoms with Gasteiger partial charge in [0.15, 0.2) is 6.10 Å². The lowest BCUT2D eigenvalue weighted by atomic mass is 10.0. The fourth-order valence-corrected chi connectivity index (χ4v) is 9.74. The Kier molecular flexibility index (Phi) is 58.1. The van der Waals surface area contributed by atoms with Gasteiger partial charge in [-0.1, -0.05) is 309 Å². The normalized spacial score (nSPS) is 12.0. The Bertz CT molecular complexity index is 1090. The van der Waals surface area contributed by atoms with E-state index in [-0.39, 0.29) is 31.1 Å². The first-order chi connectivity index (χ1) is 34.5. The standard InChI is InChI=1S/C64H122O6/c1-4-7-10-13-16-19-22-25-27-28-29-30-31-32-33-34-35-37-39-42-45-48-51-54-57-63(66)69-60-61(59-68-62(65)56-53-50-47-44-41-38-24-21-18-15-12-9-6-3)70-64(67)58-55-52-49-46-43-40-36-26-23-20-17-14-11-8-5-2/h26,36,61H,4-25,27-35,37-60H2,1-3H3/b36-26-. The number of carbonyl (C=O) groups excluding carboxylic acids is 3. The van der Waals surface area contributed by atoms with Crippen LogP contribution in [0.15, 0.2) is 12.2 Å². The number of carbonyl (C=O) groups is 3. The third-order valence-corrected chi connectivity index (χ3v) is 14.5. The summed E-state index contributed by atoms with van der Waals surface area (Å²) >= 11 is 0. The Labute approximate surface area is 437 Å². The van der Waals surface area contributed by atoms with Crippen LogP contribution >= 0.6 is 0 Å². The van der Waals surface area contributed by atoms with Crippen molar-refractivity contribution in [2.45, 2.75) is 367 Å². The Morgan fingerprint density at radius 3 is 0.714 bits per heavy atom. The molecule has 0 aliphatic carbocycles. The molecule has 0 aliphatic rings. The predicted octanol–water partition coefficient (Wildman–Crippen LogP) is 21.3. The van der Waals surface area contributed by atoms with E-state index in [1.807, 2.05) is 0 Å². The molecule has 0 fully saturated rings. The zero-order chi connectivity index (χ0) is 50.7. The summed E-state index contributed by atoms with van der Waals surface area (Å²) < 4.78 is 16.9. The lowest BCUT2D eigenvalue weighted by Gasteiger charge is -2.18. The monoisotopic (exact) mass is 987 g/mol. The molecule has 0 heterocycles. The van der Waals surface area contributed by atoms with Crippen LogP contribution in [0.2, 0.25) is 0 Å². The summed E-state index contributed by atoms with van der Waals surface area (Å²) in [7, 11) is 0. The number of ether oxygens (including phenoxy) is 3. The van der Waals surface area contributed by atoms with E-state index >= 15 is 0 Å². The molecule has 0 aromatic carbocycles. The molecule has 0 bridgehead atoms. The molecule has 6 heteroatoms. The minimum absolute atomic E-state index is 0.0671. The summed E-state index contributed by atoms with van der Waals surface area (Å²) in [6, 6.07) is 0. The smallest absolute Gasteiger partial charge is 0.306 e. The highest BCUT2D eigenvalue weighted by Crippen LogP contribution is 2.18. The molecule has 0 N–H and O–H groups in total. The number of allylic oxidation sites excluding steroid dienone is 2. The van der Waals surface area contributed by atoms with E-state index in [1.165, 1.54) is 257 Å². The van der Waals surface area contributed by atoms with E-state index in [2.05, 4.69) is 32.9 Å². The van der Waals surface area contributed by atoms with Gasteiger partial charge in [-0.3, -0.25) is 14.4 Å². The van der Waals surface area contributed by atoms with Crippen molar-refractivity contribution in [1.82, 2.24) is 0 Å². The maximum Gasteiger partial charge on any atom is 0.306 e. The number of rotatable bonds is 59. The fraction of sp³-hybridized carbons (Fsp3) is 0.922. The van der Waals surface area contributed by atoms with Gasteiger partial charge in [0.2, 0.25) is 0 Å². The van der Waals surface area contributed by atoms with E-state index in [9.17, 15) is 14.4 Å². The molecule has 0 rings (SSSR count). The van der Waals surface area contributed by atoms with Crippen molar-refractivity contribution in [3.8, 4) is 0 Å². The van der Waals surface area contributed by atoms with Crippen LogP contribution in [-0.4, -0.2) is 37.2 Å². The molecule has 70 heavy (non-hydrogen) atoms. The summed E-state index contributed by atoms with van der Waals surface area (Å²) in [5, 5.41) is 0. The van der Waals surface area contributed by atoms with Crippen LogP contribution in [0, 0.1) is 0 Å². The van der Waals surface area contributed by atoms with Crippen molar-refractivity contribution >= 4 is 17.9 Å². The Morgan fingerprint density at radius 2 is 0.471 bits per heavy atom. The summed E-state index contributed by atoms with van der Waals surface area (Å²) in [5.74, 6) is -0.848. The SMILES string of the molecule is CCCCCCCC/C=C\CCCCCCCC(=O)OC(COC(=O)CCCCCCCCCCCCCCC)COC(=O)CCCCCCCCCCCCCCCCCCCCCCCCCC. The molecule has 0 amide bonds. The second-order valence-corrected chi connectivity index (χ2v) is 21.7. The van der Waals surface area contributed by atoms with Gasteiger partial charge in [0.1, 0.15) is 13.2 Å². The molecular formula is C64H122O6. The number of hydrogen-bond donors (Lipinski definition) is 0. The van der Waals surface area contributed by atoms with Gasteiger partial charge < -0.3 is 14.2 Å². The van der Waals surface area contributed by atoms with Gasteiger partial charge in [0.05, 0.1) is 0 Å². The summed E-state index contributed by atoms with van der Waals surface area (Å²) in [6.07, 6.45) is 69.4. The average Bonchev–Trinajstić information content (AvgIpc) is 3.36. The van der Waals surface area contributed by atoms with Gasteiger partial charge in [0, 0.05) is 19.3 Å². The first-order valence-electron chi connectivity index (χ1n) is 31.7. The molecule has 0 aliphatic heterocycles. The molecule has 1 atom stereocenters. The molecule has 1 unspecified atom stereocenters. The van der Waals surface area contributed by atoms with Gasteiger partial charge in [-0.15, -0.1) is 0 Å². The third-order valence-electron chi connectivity index (χ3n) is 14.5. The van der Waals surface area contributed by atoms with Gasteiger partial charge in [0.25, 0.3) is 0 Å². The minimum Gasteiger partial charge on any atom is -0.462 e. The van der Waals surface area contributed by atoms with Crippen LogP contribution in [0.25, 0.3) is 0 Å². The summed E-state index contributed by atoms with van der Waals surface area (Å²) in [6.45, 7) is 6.70. The van der Waals surface area contributed by atoms with E-state index in [0.29, 0.717) is 19.3 Å². The van der Waals surface area contributed by atoms with Gasteiger partial charge >= 0.3 is 17.9 Å². The minimum atomic E-state index is -0.769.